The van der Waals surface area contributed by atoms with Crippen LogP contribution in [0.1, 0.15) is 5.56 Å². The third kappa shape index (κ3) is 2.83. The molecule has 0 saturated carbocycles. The molecule has 0 aromatic heterocycles. The van der Waals surface area contributed by atoms with Crippen LogP contribution in [-0.4, -0.2) is 5.24 Å². The standard InChI is InChI=1S/C9H5Cl2FO/c10-7-2-1-3-8(12)6(7)4-5-9(11)13/h1-5H/b5-4+. The smallest absolute Gasteiger partial charge is 0.245 e. The van der Waals surface area contributed by atoms with Crippen LogP contribution in [0.2, 0.25) is 5.02 Å². The van der Waals surface area contributed by atoms with Gasteiger partial charge >= 0.3 is 0 Å². The molecule has 0 aliphatic rings. The molecule has 68 valence electrons. The zero-order chi connectivity index (χ0) is 9.84. The largest absolute Gasteiger partial charge is 0.276 e. The lowest BCUT2D eigenvalue weighted by Crippen LogP contribution is -1.84. The summed E-state index contributed by atoms with van der Waals surface area (Å²) < 4.78 is 13.0. The van der Waals surface area contributed by atoms with E-state index in [0.717, 1.165) is 6.08 Å². The Hall–Kier alpha value is -0.860. The van der Waals surface area contributed by atoms with Crippen LogP contribution in [0.15, 0.2) is 24.3 Å². The number of rotatable bonds is 2. The Kier molecular flexibility index (Phi) is 3.46. The van der Waals surface area contributed by atoms with Crippen molar-refractivity contribution in [2.45, 2.75) is 0 Å². The van der Waals surface area contributed by atoms with E-state index < -0.39 is 11.1 Å². The molecule has 0 heterocycles. The molecule has 4 heteroatoms. The molecule has 0 atom stereocenters. The van der Waals surface area contributed by atoms with Crippen molar-refractivity contribution >= 4 is 34.5 Å². The van der Waals surface area contributed by atoms with Crippen LogP contribution < -0.4 is 0 Å². The summed E-state index contributed by atoms with van der Waals surface area (Å²) >= 11 is 10.7. The number of hydrogen-bond acceptors (Lipinski definition) is 1. The summed E-state index contributed by atoms with van der Waals surface area (Å²) in [6, 6.07) is 4.27. The summed E-state index contributed by atoms with van der Waals surface area (Å²) in [5.41, 5.74) is 0.165. The highest BCUT2D eigenvalue weighted by atomic mass is 35.5. The van der Waals surface area contributed by atoms with Gasteiger partial charge in [0.15, 0.2) is 0 Å². The maximum absolute atomic E-state index is 13.0. The topological polar surface area (TPSA) is 17.1 Å². The van der Waals surface area contributed by atoms with Crippen LogP contribution in [0.25, 0.3) is 6.08 Å². The van der Waals surface area contributed by atoms with Crippen LogP contribution in [-0.2, 0) is 4.79 Å². The zero-order valence-corrected chi connectivity index (χ0v) is 7.94. The van der Waals surface area contributed by atoms with Gasteiger partial charge in [-0.3, -0.25) is 4.79 Å². The average Bonchev–Trinajstić information content (AvgIpc) is 2.03. The van der Waals surface area contributed by atoms with Gasteiger partial charge in [-0.2, -0.15) is 0 Å². The van der Waals surface area contributed by atoms with Gasteiger partial charge in [0, 0.05) is 5.56 Å². The summed E-state index contributed by atoms with van der Waals surface area (Å²) in [6.07, 6.45) is 2.29. The average molecular weight is 219 g/mol. The molecular formula is C9H5Cl2FO. The van der Waals surface area contributed by atoms with E-state index in [9.17, 15) is 9.18 Å². The van der Waals surface area contributed by atoms with Crippen LogP contribution in [0.4, 0.5) is 4.39 Å². The number of hydrogen-bond donors (Lipinski definition) is 0. The summed E-state index contributed by atoms with van der Waals surface area (Å²) in [7, 11) is 0. The Bertz CT molecular complexity index is 340. The Balaban J connectivity index is 3.06. The normalized spacial score (nSPS) is 10.7. The molecule has 0 saturated heterocycles. The highest BCUT2D eigenvalue weighted by molar-refractivity contribution is 6.66. The summed E-state index contributed by atoms with van der Waals surface area (Å²) in [5, 5.41) is -0.423. The van der Waals surface area contributed by atoms with Gasteiger partial charge in [-0.1, -0.05) is 17.7 Å². The first-order valence-electron chi connectivity index (χ1n) is 3.43. The van der Waals surface area contributed by atoms with E-state index in [0.29, 0.717) is 0 Å². The predicted octanol–water partition coefficient (Wildman–Crippen LogP) is 3.26. The first kappa shape index (κ1) is 10.2. The van der Waals surface area contributed by atoms with E-state index in [1.807, 2.05) is 0 Å². The molecule has 0 spiro atoms. The highest BCUT2D eigenvalue weighted by Crippen LogP contribution is 2.20. The molecule has 0 radical (unpaired) electrons. The summed E-state index contributed by atoms with van der Waals surface area (Å²) in [5.74, 6) is -0.485. The molecule has 1 rings (SSSR count). The molecule has 0 N–H and O–H groups in total. The second-order valence-corrected chi connectivity index (χ2v) is 3.05. The Labute approximate surface area is 84.8 Å². The molecule has 0 aliphatic carbocycles. The van der Waals surface area contributed by atoms with E-state index in [1.54, 1.807) is 0 Å². The highest BCUT2D eigenvalue weighted by Gasteiger charge is 2.02. The molecule has 0 bridgehead atoms. The van der Waals surface area contributed by atoms with Crippen LogP contribution >= 0.6 is 23.2 Å². The maximum Gasteiger partial charge on any atom is 0.245 e. The Morgan fingerprint density at radius 1 is 1.46 bits per heavy atom. The van der Waals surface area contributed by atoms with Gasteiger partial charge in [-0.05, 0) is 35.9 Å². The number of benzene rings is 1. The molecule has 0 unspecified atom stereocenters. The van der Waals surface area contributed by atoms with Gasteiger partial charge in [0.05, 0.1) is 5.02 Å². The fourth-order valence-electron chi connectivity index (χ4n) is 0.819. The van der Waals surface area contributed by atoms with E-state index in [4.69, 9.17) is 23.2 Å². The van der Waals surface area contributed by atoms with Crippen molar-refractivity contribution in [3.63, 3.8) is 0 Å². The van der Waals surface area contributed by atoms with E-state index in [-0.39, 0.29) is 10.6 Å². The molecule has 1 aromatic rings. The third-order valence-corrected chi connectivity index (χ3v) is 1.84. The fourth-order valence-corrected chi connectivity index (χ4v) is 1.11. The quantitative estimate of drug-likeness (QED) is 0.551. The van der Waals surface area contributed by atoms with Crippen molar-refractivity contribution in [3.05, 3.63) is 40.7 Å². The third-order valence-electron chi connectivity index (χ3n) is 1.38. The SMILES string of the molecule is O=C(Cl)/C=C/c1c(F)cccc1Cl. The zero-order valence-electron chi connectivity index (χ0n) is 6.43. The Morgan fingerprint density at radius 2 is 2.15 bits per heavy atom. The Morgan fingerprint density at radius 3 is 2.69 bits per heavy atom. The first-order valence-corrected chi connectivity index (χ1v) is 4.18. The van der Waals surface area contributed by atoms with E-state index >= 15 is 0 Å². The van der Waals surface area contributed by atoms with Gasteiger partial charge in [0.25, 0.3) is 0 Å². The van der Waals surface area contributed by atoms with Crippen molar-refractivity contribution in [2.24, 2.45) is 0 Å². The molecule has 0 aliphatic heterocycles. The van der Waals surface area contributed by atoms with Crippen LogP contribution in [0.3, 0.4) is 0 Å². The second kappa shape index (κ2) is 4.40. The lowest BCUT2D eigenvalue weighted by Gasteiger charge is -1.97. The minimum atomic E-state index is -0.667. The summed E-state index contributed by atoms with van der Waals surface area (Å²) in [6.45, 7) is 0. The van der Waals surface area contributed by atoms with Crippen molar-refractivity contribution in [1.82, 2.24) is 0 Å². The van der Waals surface area contributed by atoms with Crippen molar-refractivity contribution in [2.75, 3.05) is 0 Å². The van der Waals surface area contributed by atoms with Gasteiger partial charge in [0.1, 0.15) is 5.82 Å². The number of carbonyl (C=O) groups is 1. The lowest BCUT2D eigenvalue weighted by atomic mass is 10.2. The maximum atomic E-state index is 13.0. The van der Waals surface area contributed by atoms with Gasteiger partial charge in [-0.15, -0.1) is 0 Å². The number of allylic oxidation sites excluding steroid dienone is 1. The monoisotopic (exact) mass is 218 g/mol. The number of carbonyl (C=O) groups excluding carboxylic acids is 1. The van der Waals surface area contributed by atoms with Crippen molar-refractivity contribution in [3.8, 4) is 0 Å². The van der Waals surface area contributed by atoms with Gasteiger partial charge < -0.3 is 0 Å². The fraction of sp³-hybridized carbons (Fsp3) is 0. The van der Waals surface area contributed by atoms with Crippen LogP contribution in [0.5, 0.6) is 0 Å². The molecule has 13 heavy (non-hydrogen) atoms. The van der Waals surface area contributed by atoms with Gasteiger partial charge in [0.2, 0.25) is 5.24 Å². The molecular weight excluding hydrogens is 214 g/mol. The number of halogens is 3. The minimum absolute atomic E-state index is 0.165. The van der Waals surface area contributed by atoms with Crippen molar-refractivity contribution < 1.29 is 9.18 Å². The first-order chi connectivity index (χ1) is 6.11. The summed E-state index contributed by atoms with van der Waals surface area (Å²) in [4.78, 5) is 10.4. The van der Waals surface area contributed by atoms with Gasteiger partial charge in [-0.25, -0.2) is 4.39 Å². The second-order valence-electron chi connectivity index (χ2n) is 2.27. The molecule has 1 nitrogen and oxygen atoms in total. The van der Waals surface area contributed by atoms with Crippen LogP contribution in [0, 0.1) is 5.82 Å². The van der Waals surface area contributed by atoms with E-state index in [2.05, 4.69) is 0 Å². The predicted molar refractivity (Wildman–Crippen MR) is 51.3 cm³/mol. The van der Waals surface area contributed by atoms with Crippen molar-refractivity contribution in [1.29, 1.82) is 0 Å². The minimum Gasteiger partial charge on any atom is -0.276 e. The van der Waals surface area contributed by atoms with E-state index in [1.165, 1.54) is 24.3 Å². The molecule has 1 aromatic carbocycles. The molecule has 0 fully saturated rings. The lowest BCUT2D eigenvalue weighted by molar-refractivity contribution is -0.107. The molecule has 0 amide bonds.